The molecule has 188 valence electrons. The highest BCUT2D eigenvalue weighted by Crippen LogP contribution is 2.37. The number of fused-ring (bicyclic) bond motifs is 1. The van der Waals surface area contributed by atoms with Gasteiger partial charge < -0.3 is 19.9 Å². The molecule has 2 aromatic rings. The molecule has 0 unspecified atom stereocenters. The number of methoxy groups -OCH3 is 1. The number of benzene rings is 2. The third-order valence-electron chi connectivity index (χ3n) is 6.80. The van der Waals surface area contributed by atoms with E-state index in [0.717, 1.165) is 36.0 Å². The van der Waals surface area contributed by atoms with E-state index in [0.29, 0.717) is 36.3 Å². The first-order valence-electron chi connectivity index (χ1n) is 12.1. The molecule has 2 aromatic carbocycles. The van der Waals surface area contributed by atoms with Crippen molar-refractivity contribution in [3.63, 3.8) is 0 Å². The lowest BCUT2D eigenvalue weighted by Gasteiger charge is -2.29. The highest BCUT2D eigenvalue weighted by atomic mass is 19.1. The maximum absolute atomic E-state index is 14.7. The molecule has 2 atom stereocenters. The van der Waals surface area contributed by atoms with Crippen molar-refractivity contribution in [3.8, 4) is 5.75 Å². The Kier molecular flexibility index (Phi) is 8.13. The Morgan fingerprint density at radius 1 is 1.20 bits per heavy atom. The van der Waals surface area contributed by atoms with Crippen LogP contribution in [0.25, 0.3) is 0 Å². The number of ketones is 1. The van der Waals surface area contributed by atoms with E-state index in [4.69, 9.17) is 9.47 Å². The number of nitrogens with one attached hydrogen (secondary N) is 1. The van der Waals surface area contributed by atoms with Gasteiger partial charge in [0.2, 0.25) is 0 Å². The molecule has 0 aromatic heterocycles. The number of hydrogen-bond acceptors (Lipinski definition) is 5. The first-order chi connectivity index (χ1) is 16.9. The van der Waals surface area contributed by atoms with Crippen LogP contribution in [0.5, 0.6) is 5.75 Å². The summed E-state index contributed by atoms with van der Waals surface area (Å²) in [4.78, 5) is 25.4. The SMILES string of the molecule is COc1c(C(=O)N[C@H]2CCOC[C@@H]2O)cc(Cc2ccc(C(=O)CCCF)c(F)c2)c2c1CCC2. The summed E-state index contributed by atoms with van der Waals surface area (Å²) in [5.41, 5.74) is 4.04. The number of carbonyl (C=O) groups excluding carboxylic acids is 2. The van der Waals surface area contributed by atoms with Gasteiger partial charge in [-0.2, -0.15) is 0 Å². The molecule has 1 heterocycles. The van der Waals surface area contributed by atoms with Crippen LogP contribution in [0.3, 0.4) is 0 Å². The van der Waals surface area contributed by atoms with Crippen LogP contribution in [0.1, 0.15) is 68.7 Å². The molecule has 1 amide bonds. The number of aliphatic hydroxyl groups excluding tert-OH is 1. The van der Waals surface area contributed by atoms with Crippen LogP contribution in [0.15, 0.2) is 24.3 Å². The van der Waals surface area contributed by atoms with Crippen LogP contribution < -0.4 is 10.1 Å². The van der Waals surface area contributed by atoms with Crippen LogP contribution in [0, 0.1) is 5.82 Å². The van der Waals surface area contributed by atoms with Crippen molar-refractivity contribution in [2.45, 2.75) is 57.1 Å². The molecule has 2 aliphatic rings. The number of hydrogen-bond donors (Lipinski definition) is 2. The summed E-state index contributed by atoms with van der Waals surface area (Å²) in [5, 5.41) is 13.1. The molecule has 0 saturated carbocycles. The van der Waals surface area contributed by atoms with Gasteiger partial charge in [-0.3, -0.25) is 14.0 Å². The van der Waals surface area contributed by atoms with Crippen molar-refractivity contribution >= 4 is 11.7 Å². The molecule has 4 rings (SSSR count). The summed E-state index contributed by atoms with van der Waals surface area (Å²) >= 11 is 0. The fourth-order valence-corrected chi connectivity index (χ4v) is 5.01. The normalized spacial score (nSPS) is 19.3. The Morgan fingerprint density at radius 3 is 2.71 bits per heavy atom. The van der Waals surface area contributed by atoms with E-state index in [9.17, 15) is 23.5 Å². The van der Waals surface area contributed by atoms with E-state index in [-0.39, 0.29) is 30.9 Å². The van der Waals surface area contributed by atoms with Gasteiger partial charge in [-0.25, -0.2) is 4.39 Å². The maximum Gasteiger partial charge on any atom is 0.255 e. The lowest BCUT2D eigenvalue weighted by molar-refractivity contribution is -0.0261. The van der Waals surface area contributed by atoms with Gasteiger partial charge in [0.15, 0.2) is 5.78 Å². The van der Waals surface area contributed by atoms with Crippen molar-refractivity contribution in [3.05, 3.63) is 63.5 Å². The highest BCUT2D eigenvalue weighted by molar-refractivity contribution is 5.98. The van der Waals surface area contributed by atoms with Crippen molar-refractivity contribution in [1.82, 2.24) is 5.32 Å². The molecule has 0 radical (unpaired) electrons. The molecule has 2 N–H and O–H groups in total. The number of Topliss-reactive ketones (excluding diaryl/α,β-unsaturated/α-hetero) is 1. The van der Waals surface area contributed by atoms with Gasteiger partial charge in [-0.05, 0) is 79.0 Å². The molecule has 1 fully saturated rings. The zero-order chi connectivity index (χ0) is 24.9. The summed E-state index contributed by atoms with van der Waals surface area (Å²) in [6, 6.07) is 5.88. The minimum Gasteiger partial charge on any atom is -0.496 e. The molecule has 0 spiro atoms. The molecule has 0 bridgehead atoms. The minimum absolute atomic E-state index is 0.0287. The number of rotatable bonds is 9. The van der Waals surface area contributed by atoms with E-state index in [1.165, 1.54) is 12.1 Å². The Morgan fingerprint density at radius 2 is 2.00 bits per heavy atom. The first kappa shape index (κ1) is 25.3. The second kappa shape index (κ2) is 11.3. The molecule has 1 aliphatic heterocycles. The van der Waals surface area contributed by atoms with Crippen LogP contribution in [0.4, 0.5) is 8.78 Å². The molecule has 35 heavy (non-hydrogen) atoms. The fourth-order valence-electron chi connectivity index (χ4n) is 5.01. The summed E-state index contributed by atoms with van der Waals surface area (Å²) in [6.07, 6.45) is 2.73. The van der Waals surface area contributed by atoms with Gasteiger partial charge in [-0.1, -0.05) is 6.07 Å². The number of aliphatic hydroxyl groups is 1. The molecular weight excluding hydrogens is 456 g/mol. The van der Waals surface area contributed by atoms with Crippen LogP contribution in [-0.4, -0.2) is 55.9 Å². The zero-order valence-corrected chi connectivity index (χ0v) is 19.9. The summed E-state index contributed by atoms with van der Waals surface area (Å²) in [7, 11) is 1.54. The quantitative estimate of drug-likeness (QED) is 0.527. The predicted molar refractivity (Wildman–Crippen MR) is 126 cm³/mol. The fraction of sp³-hybridized carbons (Fsp3) is 0.481. The second-order valence-corrected chi connectivity index (χ2v) is 9.14. The lowest BCUT2D eigenvalue weighted by atomic mass is 9.92. The smallest absolute Gasteiger partial charge is 0.255 e. The van der Waals surface area contributed by atoms with E-state index in [1.807, 2.05) is 0 Å². The Hall–Kier alpha value is -2.84. The monoisotopic (exact) mass is 487 g/mol. The third-order valence-corrected chi connectivity index (χ3v) is 6.80. The number of amides is 1. The van der Waals surface area contributed by atoms with Crippen molar-refractivity contribution in [2.24, 2.45) is 0 Å². The number of ether oxygens (including phenoxy) is 2. The van der Waals surface area contributed by atoms with E-state index >= 15 is 0 Å². The molecule has 1 aliphatic carbocycles. The molecule has 1 saturated heterocycles. The van der Waals surface area contributed by atoms with Crippen LogP contribution in [0.2, 0.25) is 0 Å². The van der Waals surface area contributed by atoms with Gasteiger partial charge >= 0.3 is 0 Å². The summed E-state index contributed by atoms with van der Waals surface area (Å²) in [6.45, 7) is 0.0270. The van der Waals surface area contributed by atoms with Gasteiger partial charge in [-0.15, -0.1) is 0 Å². The average molecular weight is 488 g/mol. The van der Waals surface area contributed by atoms with Crippen LogP contribution >= 0.6 is 0 Å². The Labute approximate surface area is 203 Å². The lowest BCUT2D eigenvalue weighted by Crippen LogP contribution is -2.48. The number of carbonyl (C=O) groups is 2. The third kappa shape index (κ3) is 5.54. The second-order valence-electron chi connectivity index (χ2n) is 9.14. The number of alkyl halides is 1. The van der Waals surface area contributed by atoms with Gasteiger partial charge in [0, 0.05) is 13.0 Å². The standard InChI is InChI=1S/C27H31F2NO5/c1-34-26-19-5-2-4-18(19)17(14-21(26)27(33)30-23-9-11-35-15-25(23)32)12-16-7-8-20(22(29)13-16)24(31)6-3-10-28/h7-8,13-14,23,25,32H,2-6,9-12,15H2,1H3,(H,30,33)/t23-,25-/m0/s1. The molecule has 8 heteroatoms. The van der Waals surface area contributed by atoms with E-state index in [2.05, 4.69) is 5.32 Å². The summed E-state index contributed by atoms with van der Waals surface area (Å²) < 4.78 is 38.0. The number of halogens is 2. The zero-order valence-electron chi connectivity index (χ0n) is 19.9. The van der Waals surface area contributed by atoms with Crippen LogP contribution in [-0.2, 0) is 24.0 Å². The Bertz CT molecular complexity index is 1100. The average Bonchev–Trinajstić information content (AvgIpc) is 3.34. The minimum atomic E-state index is -0.776. The predicted octanol–water partition coefficient (Wildman–Crippen LogP) is 3.73. The maximum atomic E-state index is 14.7. The van der Waals surface area contributed by atoms with Crippen molar-refractivity contribution < 1.29 is 33.0 Å². The topological polar surface area (TPSA) is 84.9 Å². The van der Waals surface area contributed by atoms with E-state index in [1.54, 1.807) is 19.2 Å². The van der Waals surface area contributed by atoms with Crippen molar-refractivity contribution in [1.29, 1.82) is 0 Å². The Balaban J connectivity index is 1.62. The first-order valence-corrected chi connectivity index (χ1v) is 12.1. The van der Waals surface area contributed by atoms with Gasteiger partial charge in [0.25, 0.3) is 5.91 Å². The van der Waals surface area contributed by atoms with E-state index < -0.39 is 30.4 Å². The largest absolute Gasteiger partial charge is 0.496 e. The van der Waals surface area contributed by atoms with Gasteiger partial charge in [0.05, 0.1) is 43.7 Å². The summed E-state index contributed by atoms with van der Waals surface area (Å²) in [5.74, 6) is -0.821. The van der Waals surface area contributed by atoms with Gasteiger partial charge in [0.1, 0.15) is 11.6 Å². The molecule has 6 nitrogen and oxygen atoms in total. The molecular formula is C27H31F2NO5. The highest BCUT2D eigenvalue weighted by Gasteiger charge is 2.29. The van der Waals surface area contributed by atoms with Crippen molar-refractivity contribution in [2.75, 3.05) is 27.0 Å².